The maximum Gasteiger partial charge on any atom is 0.279 e. The summed E-state index contributed by atoms with van der Waals surface area (Å²) in [4.78, 5) is 27.1. The van der Waals surface area contributed by atoms with Crippen LogP contribution in [0.3, 0.4) is 0 Å². The van der Waals surface area contributed by atoms with Crippen LogP contribution in [0.1, 0.15) is 29.0 Å². The standard InChI is InChI=1S/C24H27N3O2S/c1-3-18-10-7-8-13-20(18)25-22(28)16-27(2)17-23(29)26-24(21-14-9-15-30-21)19-11-5-4-6-12-19/h4-15,24H,3,16-17H2,1-2H3,(H,25,28)(H,26,29)/p+1/t24-/m1/s1. The first-order valence-corrected chi connectivity index (χ1v) is 11.0. The van der Waals surface area contributed by atoms with Gasteiger partial charge < -0.3 is 15.5 Å². The van der Waals surface area contributed by atoms with Crippen molar-refractivity contribution < 1.29 is 14.5 Å². The van der Waals surface area contributed by atoms with Gasteiger partial charge in [-0.05, 0) is 35.1 Å². The number of carbonyl (C=O) groups is 2. The van der Waals surface area contributed by atoms with Crippen molar-refractivity contribution in [2.75, 3.05) is 25.5 Å². The minimum atomic E-state index is -0.184. The van der Waals surface area contributed by atoms with E-state index in [2.05, 4.69) is 17.6 Å². The highest BCUT2D eigenvalue weighted by molar-refractivity contribution is 7.10. The third-order valence-corrected chi connectivity index (χ3v) is 5.80. The summed E-state index contributed by atoms with van der Waals surface area (Å²) in [5.41, 5.74) is 2.98. The molecule has 3 rings (SSSR count). The first-order chi connectivity index (χ1) is 14.6. The summed E-state index contributed by atoms with van der Waals surface area (Å²) < 4.78 is 0. The number of nitrogens with one attached hydrogen (secondary N) is 3. The van der Waals surface area contributed by atoms with Gasteiger partial charge >= 0.3 is 0 Å². The summed E-state index contributed by atoms with van der Waals surface area (Å²) in [6.07, 6.45) is 0.852. The van der Waals surface area contributed by atoms with E-state index in [-0.39, 0.29) is 30.9 Å². The van der Waals surface area contributed by atoms with E-state index >= 15 is 0 Å². The van der Waals surface area contributed by atoms with Crippen molar-refractivity contribution in [3.63, 3.8) is 0 Å². The Labute approximate surface area is 181 Å². The average molecular weight is 423 g/mol. The van der Waals surface area contributed by atoms with Crippen molar-refractivity contribution >= 4 is 28.8 Å². The Kier molecular flexibility index (Phi) is 7.76. The quantitative estimate of drug-likeness (QED) is 0.497. The number of amides is 2. The van der Waals surface area contributed by atoms with Gasteiger partial charge in [0.2, 0.25) is 0 Å². The highest BCUT2D eigenvalue weighted by Crippen LogP contribution is 2.25. The Morgan fingerprint density at radius 1 is 0.933 bits per heavy atom. The van der Waals surface area contributed by atoms with Crippen molar-refractivity contribution in [1.29, 1.82) is 0 Å². The van der Waals surface area contributed by atoms with Gasteiger partial charge in [-0.25, -0.2) is 0 Å². The molecule has 3 aromatic rings. The van der Waals surface area contributed by atoms with Gasteiger partial charge in [0, 0.05) is 10.6 Å². The number of rotatable bonds is 9. The van der Waals surface area contributed by atoms with Crippen LogP contribution in [0.2, 0.25) is 0 Å². The molecule has 30 heavy (non-hydrogen) atoms. The molecular formula is C24H28N3O2S+. The van der Waals surface area contributed by atoms with E-state index in [1.165, 1.54) is 0 Å². The lowest BCUT2D eigenvalue weighted by Gasteiger charge is -2.20. The molecule has 0 bridgehead atoms. The van der Waals surface area contributed by atoms with Crippen LogP contribution in [-0.4, -0.2) is 32.0 Å². The molecule has 2 amide bonds. The fourth-order valence-electron chi connectivity index (χ4n) is 3.39. The summed E-state index contributed by atoms with van der Waals surface area (Å²) >= 11 is 1.62. The smallest absolute Gasteiger partial charge is 0.279 e. The third kappa shape index (κ3) is 6.02. The predicted molar refractivity (Wildman–Crippen MR) is 122 cm³/mol. The molecule has 0 fully saturated rings. The number of quaternary nitrogens is 1. The second kappa shape index (κ2) is 10.7. The van der Waals surface area contributed by atoms with E-state index in [0.717, 1.165) is 33.0 Å². The van der Waals surface area contributed by atoms with Crippen LogP contribution < -0.4 is 15.5 Å². The molecule has 1 unspecified atom stereocenters. The molecule has 0 saturated carbocycles. The van der Waals surface area contributed by atoms with Crippen LogP contribution in [0.5, 0.6) is 0 Å². The highest BCUT2D eigenvalue weighted by Gasteiger charge is 2.21. The Balaban J connectivity index is 1.57. The average Bonchev–Trinajstić information content (AvgIpc) is 3.27. The molecule has 0 aliphatic rings. The van der Waals surface area contributed by atoms with Gasteiger partial charge in [-0.15, -0.1) is 11.3 Å². The van der Waals surface area contributed by atoms with Gasteiger partial charge in [0.15, 0.2) is 13.1 Å². The second-order valence-corrected chi connectivity index (χ2v) is 8.28. The maximum absolute atomic E-state index is 12.7. The number of hydrogen-bond donors (Lipinski definition) is 3. The van der Waals surface area contributed by atoms with E-state index in [9.17, 15) is 9.59 Å². The minimum absolute atomic E-state index is 0.0866. The van der Waals surface area contributed by atoms with Crippen molar-refractivity contribution in [2.24, 2.45) is 0 Å². The van der Waals surface area contributed by atoms with Gasteiger partial charge in [0.05, 0.1) is 13.1 Å². The van der Waals surface area contributed by atoms with Crippen LogP contribution in [0, 0.1) is 0 Å². The second-order valence-electron chi connectivity index (χ2n) is 7.30. The SMILES string of the molecule is CCc1ccccc1NC(=O)C[NH+](C)CC(=O)N[C@H](c1ccccc1)c1cccs1. The summed E-state index contributed by atoms with van der Waals surface area (Å²) in [7, 11) is 1.85. The lowest BCUT2D eigenvalue weighted by Crippen LogP contribution is -3.11. The molecule has 6 heteroatoms. The van der Waals surface area contributed by atoms with Crippen LogP contribution >= 0.6 is 11.3 Å². The number of likely N-dealkylation sites (N-methyl/N-ethyl adjacent to an activating group) is 1. The molecule has 0 aliphatic heterocycles. The number of thiophene rings is 1. The Morgan fingerprint density at radius 2 is 1.63 bits per heavy atom. The first-order valence-electron chi connectivity index (χ1n) is 10.1. The number of benzene rings is 2. The lowest BCUT2D eigenvalue weighted by molar-refractivity contribution is -0.862. The first kappa shape index (κ1) is 21.7. The molecule has 0 aliphatic carbocycles. The molecule has 1 heterocycles. The van der Waals surface area contributed by atoms with Gasteiger partial charge in [-0.1, -0.05) is 61.5 Å². The largest absolute Gasteiger partial charge is 0.339 e. The minimum Gasteiger partial charge on any atom is -0.339 e. The predicted octanol–water partition coefficient (Wildman–Crippen LogP) is 2.67. The van der Waals surface area contributed by atoms with Gasteiger partial charge in [0.25, 0.3) is 11.8 Å². The zero-order chi connectivity index (χ0) is 21.3. The fraction of sp³-hybridized carbons (Fsp3) is 0.250. The molecule has 3 N–H and O–H groups in total. The van der Waals surface area contributed by atoms with Crippen molar-refractivity contribution in [3.8, 4) is 0 Å². The van der Waals surface area contributed by atoms with E-state index in [0.29, 0.717) is 0 Å². The summed E-state index contributed by atoms with van der Waals surface area (Å²) in [5.74, 6) is -0.185. The molecule has 5 nitrogen and oxygen atoms in total. The molecule has 2 aromatic carbocycles. The normalized spacial score (nSPS) is 12.7. The number of carbonyl (C=O) groups excluding carboxylic acids is 2. The van der Waals surface area contributed by atoms with Gasteiger partial charge in [-0.2, -0.15) is 0 Å². The third-order valence-electron chi connectivity index (χ3n) is 4.86. The van der Waals surface area contributed by atoms with Crippen molar-refractivity contribution in [3.05, 3.63) is 88.1 Å². The fourth-order valence-corrected chi connectivity index (χ4v) is 4.19. The molecule has 0 saturated heterocycles. The van der Waals surface area contributed by atoms with Crippen LogP contribution in [0.4, 0.5) is 5.69 Å². The highest BCUT2D eigenvalue weighted by atomic mass is 32.1. The molecule has 2 atom stereocenters. The van der Waals surface area contributed by atoms with E-state index in [1.807, 2.05) is 79.2 Å². The monoisotopic (exact) mass is 422 g/mol. The maximum atomic E-state index is 12.7. The van der Waals surface area contributed by atoms with Gasteiger partial charge in [-0.3, -0.25) is 9.59 Å². The molecule has 1 aromatic heterocycles. The Hall–Kier alpha value is -2.96. The van der Waals surface area contributed by atoms with E-state index in [4.69, 9.17) is 0 Å². The van der Waals surface area contributed by atoms with Crippen LogP contribution in [-0.2, 0) is 16.0 Å². The lowest BCUT2D eigenvalue weighted by atomic mass is 10.1. The van der Waals surface area contributed by atoms with Crippen LogP contribution in [0.25, 0.3) is 0 Å². The molecular weight excluding hydrogens is 394 g/mol. The Morgan fingerprint density at radius 3 is 2.33 bits per heavy atom. The number of para-hydroxylation sites is 1. The van der Waals surface area contributed by atoms with Gasteiger partial charge in [0.1, 0.15) is 0 Å². The van der Waals surface area contributed by atoms with Crippen molar-refractivity contribution in [2.45, 2.75) is 19.4 Å². The number of aryl methyl sites for hydroxylation is 1. The molecule has 0 radical (unpaired) electrons. The number of anilines is 1. The molecule has 156 valence electrons. The van der Waals surface area contributed by atoms with E-state index < -0.39 is 0 Å². The zero-order valence-corrected chi connectivity index (χ0v) is 18.2. The number of hydrogen-bond acceptors (Lipinski definition) is 3. The summed E-state index contributed by atoms with van der Waals surface area (Å²) in [6, 6.07) is 21.5. The Bertz CT molecular complexity index is 958. The summed E-state index contributed by atoms with van der Waals surface area (Å²) in [6.45, 7) is 2.50. The van der Waals surface area contributed by atoms with Crippen molar-refractivity contribution in [1.82, 2.24) is 5.32 Å². The zero-order valence-electron chi connectivity index (χ0n) is 17.4. The molecule has 0 spiro atoms. The van der Waals surface area contributed by atoms with Crippen LogP contribution in [0.15, 0.2) is 72.1 Å². The van der Waals surface area contributed by atoms with E-state index in [1.54, 1.807) is 11.3 Å². The topological polar surface area (TPSA) is 62.6 Å². The summed E-state index contributed by atoms with van der Waals surface area (Å²) in [5, 5.41) is 8.10.